The number of allylic oxidation sites excluding steroid dienone is 8. The number of hydrogen-bond acceptors (Lipinski definition) is 2. The van der Waals surface area contributed by atoms with Crippen molar-refractivity contribution in [3.8, 4) is 0 Å². The van der Waals surface area contributed by atoms with Gasteiger partial charge in [0.05, 0.1) is 0 Å². The van der Waals surface area contributed by atoms with Crippen molar-refractivity contribution in [2.45, 2.75) is 12.8 Å². The molecule has 0 aromatic heterocycles. The predicted octanol–water partition coefficient (Wildman–Crippen LogP) is 2.65. The van der Waals surface area contributed by atoms with Crippen LogP contribution in [0.5, 0.6) is 0 Å². The molecule has 2 nitrogen and oxygen atoms in total. The minimum atomic E-state index is 0. The van der Waals surface area contributed by atoms with Crippen LogP contribution in [0.2, 0.25) is 0 Å². The van der Waals surface area contributed by atoms with Gasteiger partial charge < -0.3 is 11.0 Å². The van der Waals surface area contributed by atoms with E-state index in [0.29, 0.717) is 0 Å². The minimum absolute atomic E-state index is 0. The quantitative estimate of drug-likeness (QED) is 0.670. The molecule has 2 aliphatic rings. The third-order valence-corrected chi connectivity index (χ3v) is 1.31. The zero-order chi connectivity index (χ0) is 7.07. The maximum absolute atomic E-state index is 2.12. The van der Waals surface area contributed by atoms with E-state index in [9.17, 15) is 0 Å². The van der Waals surface area contributed by atoms with Crippen molar-refractivity contribution in [3.63, 3.8) is 0 Å². The van der Waals surface area contributed by atoms with E-state index in [2.05, 4.69) is 48.6 Å². The molecule has 13 heavy (non-hydrogen) atoms. The molecule has 0 aromatic rings. The Labute approximate surface area is 98.5 Å². The molecule has 0 saturated carbocycles. The average Bonchev–Trinajstić information content (AvgIpc) is 2.67. The minimum Gasteiger partial charge on any atom is -0.870 e. The van der Waals surface area contributed by atoms with Crippen LogP contribution < -0.4 is 0 Å². The van der Waals surface area contributed by atoms with Gasteiger partial charge in [0.25, 0.3) is 0 Å². The Kier molecular flexibility index (Phi) is 20.4. The van der Waals surface area contributed by atoms with Crippen LogP contribution in [0.1, 0.15) is 12.8 Å². The predicted molar refractivity (Wildman–Crippen MR) is 49.7 cm³/mol. The van der Waals surface area contributed by atoms with E-state index in [-0.39, 0.29) is 37.2 Å². The Morgan fingerprint density at radius 2 is 0.769 bits per heavy atom. The molecule has 3 heteroatoms. The van der Waals surface area contributed by atoms with Gasteiger partial charge in [-0.25, -0.2) is 0 Å². The van der Waals surface area contributed by atoms with Gasteiger partial charge in [-0.2, -0.15) is 0 Å². The molecule has 0 amide bonds. The van der Waals surface area contributed by atoms with Crippen molar-refractivity contribution in [2.75, 3.05) is 0 Å². The molecule has 70 valence electrons. The molecule has 0 unspecified atom stereocenters. The van der Waals surface area contributed by atoms with E-state index in [0.717, 1.165) is 12.8 Å². The number of rotatable bonds is 0. The van der Waals surface area contributed by atoms with Gasteiger partial charge in [-0.05, 0) is 12.8 Å². The van der Waals surface area contributed by atoms with Gasteiger partial charge >= 0.3 is 26.2 Å². The summed E-state index contributed by atoms with van der Waals surface area (Å²) < 4.78 is 0. The largest absolute Gasteiger partial charge is 2.00 e. The summed E-state index contributed by atoms with van der Waals surface area (Å²) in [7, 11) is 0. The fourth-order valence-corrected chi connectivity index (χ4v) is 0.786. The average molecular weight is 257 g/mol. The topological polar surface area (TPSA) is 60.0 Å². The van der Waals surface area contributed by atoms with E-state index in [4.69, 9.17) is 0 Å². The molecule has 0 saturated heterocycles. The van der Waals surface area contributed by atoms with Crippen molar-refractivity contribution in [3.05, 3.63) is 48.6 Å². The third-order valence-electron chi connectivity index (χ3n) is 1.31. The first-order chi connectivity index (χ1) is 5.00. The molecule has 0 aliphatic heterocycles. The van der Waals surface area contributed by atoms with Crippen LogP contribution >= 0.6 is 0 Å². The Bertz CT molecular complexity index is 151. The van der Waals surface area contributed by atoms with Crippen molar-refractivity contribution < 1.29 is 37.2 Å². The van der Waals surface area contributed by atoms with Gasteiger partial charge in [0, 0.05) is 0 Å². The SMILES string of the molecule is C1=CCC=C1.C1=CCC=C1.[OH-].[OH-].[Zr+2]. The van der Waals surface area contributed by atoms with Gasteiger partial charge in [-0.1, -0.05) is 48.6 Å². The molecule has 0 atom stereocenters. The monoisotopic (exact) mass is 256 g/mol. The molecular weight excluding hydrogens is 243 g/mol. The third kappa shape index (κ3) is 11.8. The summed E-state index contributed by atoms with van der Waals surface area (Å²) >= 11 is 0. The Hall–Kier alpha value is -0.237. The molecule has 0 bridgehead atoms. The van der Waals surface area contributed by atoms with Gasteiger partial charge in [-0.3, -0.25) is 0 Å². The van der Waals surface area contributed by atoms with Gasteiger partial charge in [-0.15, -0.1) is 0 Å². The molecule has 0 heterocycles. The Morgan fingerprint density at radius 1 is 0.538 bits per heavy atom. The Balaban J connectivity index is -0.000000125. The second-order valence-electron chi connectivity index (χ2n) is 2.18. The normalized spacial score (nSPS) is 13.5. The molecule has 0 fully saturated rings. The van der Waals surface area contributed by atoms with E-state index in [1.165, 1.54) is 0 Å². The van der Waals surface area contributed by atoms with E-state index in [1.54, 1.807) is 0 Å². The van der Waals surface area contributed by atoms with Crippen molar-refractivity contribution in [1.29, 1.82) is 0 Å². The van der Waals surface area contributed by atoms with E-state index in [1.807, 2.05) is 0 Å². The van der Waals surface area contributed by atoms with Crippen molar-refractivity contribution >= 4 is 0 Å². The van der Waals surface area contributed by atoms with Crippen LogP contribution in [0.25, 0.3) is 0 Å². The molecule has 0 spiro atoms. The maximum atomic E-state index is 2.12. The van der Waals surface area contributed by atoms with Crippen LogP contribution in [0.15, 0.2) is 48.6 Å². The molecule has 0 radical (unpaired) electrons. The summed E-state index contributed by atoms with van der Waals surface area (Å²) in [6.07, 6.45) is 19.0. The first kappa shape index (κ1) is 18.5. The summed E-state index contributed by atoms with van der Waals surface area (Å²) in [4.78, 5) is 0. The second-order valence-corrected chi connectivity index (χ2v) is 2.18. The summed E-state index contributed by atoms with van der Waals surface area (Å²) in [5.74, 6) is 0. The zero-order valence-electron chi connectivity index (χ0n) is 7.43. The summed E-state index contributed by atoms with van der Waals surface area (Å²) in [5.41, 5.74) is 0. The molecule has 2 aliphatic carbocycles. The van der Waals surface area contributed by atoms with Gasteiger partial charge in [0.2, 0.25) is 0 Å². The molecule has 2 rings (SSSR count). The van der Waals surface area contributed by atoms with Crippen LogP contribution in [0, 0.1) is 0 Å². The smallest absolute Gasteiger partial charge is 0.870 e. The van der Waals surface area contributed by atoms with Crippen LogP contribution in [-0.4, -0.2) is 11.0 Å². The molecule has 2 N–H and O–H groups in total. The van der Waals surface area contributed by atoms with E-state index < -0.39 is 0 Å². The zero-order valence-corrected chi connectivity index (χ0v) is 9.89. The van der Waals surface area contributed by atoms with E-state index >= 15 is 0 Å². The van der Waals surface area contributed by atoms with Gasteiger partial charge in [0.1, 0.15) is 0 Å². The maximum Gasteiger partial charge on any atom is 2.00 e. The Morgan fingerprint density at radius 3 is 0.846 bits per heavy atom. The summed E-state index contributed by atoms with van der Waals surface area (Å²) in [6.45, 7) is 0. The fraction of sp³-hybridized carbons (Fsp3) is 0.200. The van der Waals surface area contributed by atoms with Gasteiger partial charge in [0.15, 0.2) is 0 Å². The van der Waals surface area contributed by atoms with Crippen molar-refractivity contribution in [1.82, 2.24) is 0 Å². The van der Waals surface area contributed by atoms with Crippen LogP contribution in [0.4, 0.5) is 0 Å². The first-order valence-corrected chi connectivity index (χ1v) is 3.63. The molecular formula is C10H14O2Zr. The summed E-state index contributed by atoms with van der Waals surface area (Å²) in [5, 5.41) is 0. The van der Waals surface area contributed by atoms with Crippen molar-refractivity contribution in [2.24, 2.45) is 0 Å². The number of hydrogen-bond donors (Lipinski definition) is 0. The summed E-state index contributed by atoms with van der Waals surface area (Å²) in [6, 6.07) is 0. The van der Waals surface area contributed by atoms with Crippen LogP contribution in [-0.2, 0) is 26.2 Å². The standard InChI is InChI=1S/2C5H6.2H2O.Zr/c2*1-2-4-5-3-1;;;/h2*1-4H,5H2;2*1H2;/q;;;;+2/p-2. The fourth-order valence-electron chi connectivity index (χ4n) is 0.786. The molecule has 0 aromatic carbocycles. The second kappa shape index (κ2) is 14.3. The van der Waals surface area contributed by atoms with Crippen LogP contribution in [0.3, 0.4) is 0 Å². The first-order valence-electron chi connectivity index (χ1n) is 3.63.